The van der Waals surface area contributed by atoms with E-state index in [1.807, 2.05) is 20.9 Å². The van der Waals surface area contributed by atoms with Gasteiger partial charge in [-0.2, -0.15) is 5.10 Å². The summed E-state index contributed by atoms with van der Waals surface area (Å²) in [6, 6.07) is 0.434. The van der Waals surface area contributed by atoms with E-state index < -0.39 is 0 Å². The molecule has 25 heavy (non-hydrogen) atoms. The predicted octanol–water partition coefficient (Wildman–Crippen LogP) is 1.02. The Morgan fingerprint density at radius 3 is 2.80 bits per heavy atom. The fourth-order valence-corrected chi connectivity index (χ4v) is 3.85. The number of fused-ring (bicyclic) bond motifs is 1. The van der Waals surface area contributed by atoms with Crippen LogP contribution in [0, 0.1) is 13.8 Å². The second-order valence-electron chi connectivity index (χ2n) is 7.07. The van der Waals surface area contributed by atoms with Crippen molar-refractivity contribution in [1.82, 2.24) is 25.0 Å². The molecule has 3 rings (SSSR count). The van der Waals surface area contributed by atoms with Crippen molar-refractivity contribution >= 4 is 16.9 Å². The lowest BCUT2D eigenvalue weighted by atomic mass is 10.0. The molecular formula is C18H27N5O2. The number of pyridine rings is 1. The monoisotopic (exact) mass is 345 g/mol. The van der Waals surface area contributed by atoms with Crippen LogP contribution >= 0.6 is 0 Å². The number of carbonyl (C=O) groups excluding carboxylic acids is 1. The number of likely N-dealkylation sites (N-methyl/N-ethyl adjacent to an activating group) is 1. The van der Waals surface area contributed by atoms with Gasteiger partial charge in [0, 0.05) is 37.0 Å². The number of aromatic amines is 1. The topological polar surface area (TPSA) is 83.0 Å². The molecule has 3 heterocycles. The number of nitrogens with zero attached hydrogens (tertiary/aromatic N) is 3. The van der Waals surface area contributed by atoms with E-state index in [1.54, 1.807) is 4.68 Å². The van der Waals surface area contributed by atoms with E-state index in [0.29, 0.717) is 31.0 Å². The van der Waals surface area contributed by atoms with E-state index in [0.717, 1.165) is 35.3 Å². The first-order valence-corrected chi connectivity index (χ1v) is 8.90. The third kappa shape index (κ3) is 3.46. The van der Waals surface area contributed by atoms with E-state index >= 15 is 0 Å². The van der Waals surface area contributed by atoms with Crippen LogP contribution in [0.3, 0.4) is 0 Å². The first-order valence-electron chi connectivity index (χ1n) is 8.90. The number of nitrogens with one attached hydrogen (secondary N) is 2. The molecule has 0 spiro atoms. The Morgan fingerprint density at radius 2 is 2.12 bits per heavy atom. The van der Waals surface area contributed by atoms with Gasteiger partial charge >= 0.3 is 0 Å². The molecule has 136 valence electrons. The number of aryl methyl sites for hydroxylation is 3. The number of H-pyrrole nitrogens is 1. The van der Waals surface area contributed by atoms with Gasteiger partial charge in [-0.3, -0.25) is 14.3 Å². The second-order valence-corrected chi connectivity index (χ2v) is 7.07. The molecule has 0 aliphatic carbocycles. The largest absolute Gasteiger partial charge is 0.355 e. The van der Waals surface area contributed by atoms with Gasteiger partial charge in [0.05, 0.1) is 5.69 Å². The predicted molar refractivity (Wildman–Crippen MR) is 97.8 cm³/mol. The average Bonchev–Trinajstić information content (AvgIpc) is 3.08. The van der Waals surface area contributed by atoms with Gasteiger partial charge in [-0.25, -0.2) is 0 Å². The average molecular weight is 345 g/mol. The highest BCUT2D eigenvalue weighted by Crippen LogP contribution is 2.21. The molecular weight excluding hydrogens is 318 g/mol. The molecule has 2 aromatic heterocycles. The Morgan fingerprint density at radius 1 is 1.36 bits per heavy atom. The van der Waals surface area contributed by atoms with E-state index in [2.05, 4.69) is 27.3 Å². The van der Waals surface area contributed by atoms with Gasteiger partial charge in [0.1, 0.15) is 5.65 Å². The zero-order chi connectivity index (χ0) is 18.1. The maximum Gasteiger partial charge on any atom is 0.253 e. The van der Waals surface area contributed by atoms with Crippen molar-refractivity contribution in [3.05, 3.63) is 27.2 Å². The number of rotatable bonds is 5. The van der Waals surface area contributed by atoms with Crippen molar-refractivity contribution in [3.63, 3.8) is 0 Å². The van der Waals surface area contributed by atoms with Crippen molar-refractivity contribution in [2.75, 3.05) is 20.1 Å². The number of amides is 1. The molecule has 2 N–H and O–H groups in total. The number of carbonyl (C=O) groups is 1. The maximum absolute atomic E-state index is 12.4. The van der Waals surface area contributed by atoms with Gasteiger partial charge in [-0.15, -0.1) is 0 Å². The van der Waals surface area contributed by atoms with Crippen LogP contribution in [0.4, 0.5) is 0 Å². The molecule has 1 aliphatic heterocycles. The summed E-state index contributed by atoms with van der Waals surface area (Å²) in [6.07, 6.45) is 3.09. The zero-order valence-electron chi connectivity index (χ0n) is 15.5. The molecule has 0 saturated carbocycles. The van der Waals surface area contributed by atoms with E-state index in [4.69, 9.17) is 0 Å². The number of aromatic nitrogens is 3. The lowest BCUT2D eigenvalue weighted by Gasteiger charge is -2.19. The Labute approximate surface area is 147 Å². The summed E-state index contributed by atoms with van der Waals surface area (Å²) in [5.41, 5.74) is 3.10. The van der Waals surface area contributed by atoms with Crippen molar-refractivity contribution in [3.8, 4) is 0 Å². The summed E-state index contributed by atoms with van der Waals surface area (Å²) >= 11 is 0. The minimum Gasteiger partial charge on any atom is -0.355 e. The molecule has 1 aliphatic rings. The van der Waals surface area contributed by atoms with Gasteiger partial charge in [0.25, 0.3) is 5.56 Å². The van der Waals surface area contributed by atoms with Gasteiger partial charge in [-0.1, -0.05) is 0 Å². The summed E-state index contributed by atoms with van der Waals surface area (Å²) < 4.78 is 1.69. The summed E-state index contributed by atoms with van der Waals surface area (Å²) in [6.45, 7) is 5.65. The molecule has 1 amide bonds. The standard InChI is InChI=1S/C18H27N5O2/c1-11-14(18(25)20-17-16(11)12(2)21-23(17)4)7-8-15(24)19-10-13-6-5-9-22(13)3/h13H,5-10H2,1-4H3,(H,19,24)(H,20,25). The SMILES string of the molecule is Cc1nn(C)c2[nH]c(=O)c(CCC(=O)NCC3CCCN3C)c(C)c12. The third-order valence-corrected chi connectivity index (χ3v) is 5.36. The fraction of sp³-hybridized carbons (Fsp3) is 0.611. The highest BCUT2D eigenvalue weighted by molar-refractivity contribution is 5.83. The molecule has 0 radical (unpaired) electrons. The lowest BCUT2D eigenvalue weighted by molar-refractivity contribution is -0.121. The van der Waals surface area contributed by atoms with Gasteiger partial charge in [-0.05, 0) is 52.3 Å². The number of likely N-dealkylation sites (tertiary alicyclic amines) is 1. The Hall–Kier alpha value is -2.15. The second kappa shape index (κ2) is 7.00. The van der Waals surface area contributed by atoms with Crippen LogP contribution in [0.25, 0.3) is 11.0 Å². The third-order valence-electron chi connectivity index (χ3n) is 5.36. The maximum atomic E-state index is 12.4. The fourth-order valence-electron chi connectivity index (χ4n) is 3.85. The van der Waals surface area contributed by atoms with Gasteiger partial charge < -0.3 is 15.2 Å². The minimum absolute atomic E-state index is 0.00195. The van der Waals surface area contributed by atoms with Crippen LogP contribution in [-0.2, 0) is 18.3 Å². The van der Waals surface area contributed by atoms with Crippen LogP contribution in [0.5, 0.6) is 0 Å². The molecule has 2 aromatic rings. The highest BCUT2D eigenvalue weighted by atomic mass is 16.1. The normalized spacial score (nSPS) is 18.2. The van der Waals surface area contributed by atoms with Crippen LogP contribution in [0.15, 0.2) is 4.79 Å². The molecule has 1 saturated heterocycles. The Bertz CT molecular complexity index is 851. The summed E-state index contributed by atoms with van der Waals surface area (Å²) in [7, 11) is 3.91. The number of hydrogen-bond donors (Lipinski definition) is 2. The van der Waals surface area contributed by atoms with Crippen molar-refractivity contribution < 1.29 is 4.79 Å². The van der Waals surface area contributed by atoms with Crippen molar-refractivity contribution in [2.24, 2.45) is 7.05 Å². The van der Waals surface area contributed by atoms with Crippen LogP contribution in [-0.4, -0.2) is 51.8 Å². The van der Waals surface area contributed by atoms with E-state index in [9.17, 15) is 9.59 Å². The zero-order valence-corrected chi connectivity index (χ0v) is 15.5. The quantitative estimate of drug-likeness (QED) is 0.848. The smallest absolute Gasteiger partial charge is 0.253 e. The molecule has 0 aromatic carbocycles. The van der Waals surface area contributed by atoms with E-state index in [1.165, 1.54) is 6.42 Å². The molecule has 7 nitrogen and oxygen atoms in total. The van der Waals surface area contributed by atoms with Crippen LogP contribution < -0.4 is 10.9 Å². The van der Waals surface area contributed by atoms with Gasteiger partial charge in [0.15, 0.2) is 0 Å². The van der Waals surface area contributed by atoms with Gasteiger partial charge in [0.2, 0.25) is 5.91 Å². The molecule has 0 bridgehead atoms. The van der Waals surface area contributed by atoms with Crippen molar-refractivity contribution in [1.29, 1.82) is 0 Å². The summed E-state index contributed by atoms with van der Waals surface area (Å²) in [4.78, 5) is 29.8. The molecule has 7 heteroatoms. The Balaban J connectivity index is 1.67. The summed E-state index contributed by atoms with van der Waals surface area (Å²) in [5.74, 6) is 0.00195. The van der Waals surface area contributed by atoms with Crippen molar-refractivity contribution in [2.45, 2.75) is 45.6 Å². The number of hydrogen-bond acceptors (Lipinski definition) is 4. The molecule has 1 atom stereocenters. The van der Waals surface area contributed by atoms with Crippen LogP contribution in [0.2, 0.25) is 0 Å². The minimum atomic E-state index is -0.128. The molecule has 1 fully saturated rings. The first kappa shape index (κ1) is 17.7. The molecule has 1 unspecified atom stereocenters. The highest BCUT2D eigenvalue weighted by Gasteiger charge is 2.21. The first-order chi connectivity index (χ1) is 11.9. The van der Waals surface area contributed by atoms with E-state index in [-0.39, 0.29) is 11.5 Å². The Kier molecular flexibility index (Phi) is 4.94. The lowest BCUT2D eigenvalue weighted by Crippen LogP contribution is -2.38. The summed E-state index contributed by atoms with van der Waals surface area (Å²) in [5, 5.41) is 8.36. The van der Waals surface area contributed by atoms with Crippen LogP contribution in [0.1, 0.15) is 36.1 Å².